The zero-order valence-electron chi connectivity index (χ0n) is 11.4. The quantitative estimate of drug-likeness (QED) is 0.752. The van der Waals surface area contributed by atoms with Gasteiger partial charge in [0.15, 0.2) is 0 Å². The molecule has 0 radical (unpaired) electrons. The summed E-state index contributed by atoms with van der Waals surface area (Å²) in [6.45, 7) is 6.50. The van der Waals surface area contributed by atoms with Crippen LogP contribution in [0.15, 0.2) is 24.3 Å². The van der Waals surface area contributed by atoms with Crippen LogP contribution in [0, 0.1) is 12.8 Å². The molecule has 1 nitrogen and oxygen atoms in total. The first kappa shape index (κ1) is 14.2. The summed E-state index contributed by atoms with van der Waals surface area (Å²) in [5.74, 6) is 0.463. The lowest BCUT2D eigenvalue weighted by atomic mass is 9.88. The molecule has 1 rings (SSSR count). The molecule has 0 aliphatic rings. The van der Waals surface area contributed by atoms with Crippen molar-refractivity contribution >= 4 is 0 Å². The molecule has 0 bridgehead atoms. The zero-order chi connectivity index (χ0) is 12.7. The van der Waals surface area contributed by atoms with Gasteiger partial charge in [0.05, 0.1) is 6.10 Å². The summed E-state index contributed by atoms with van der Waals surface area (Å²) in [6.07, 6.45) is 5.22. The van der Waals surface area contributed by atoms with Crippen molar-refractivity contribution in [1.29, 1.82) is 0 Å². The molecule has 0 amide bonds. The van der Waals surface area contributed by atoms with Gasteiger partial charge in [0, 0.05) is 0 Å². The molecule has 0 aliphatic heterocycles. The van der Waals surface area contributed by atoms with Gasteiger partial charge in [-0.2, -0.15) is 0 Å². The summed E-state index contributed by atoms with van der Waals surface area (Å²) >= 11 is 0. The van der Waals surface area contributed by atoms with Crippen molar-refractivity contribution in [3.63, 3.8) is 0 Å². The maximum Gasteiger partial charge on any atom is 0.0608 e. The van der Waals surface area contributed by atoms with E-state index < -0.39 is 0 Å². The molecule has 1 aromatic carbocycles. The summed E-state index contributed by atoms with van der Waals surface area (Å²) in [6, 6.07) is 8.47. The molecule has 0 aliphatic carbocycles. The summed E-state index contributed by atoms with van der Waals surface area (Å²) in [5.41, 5.74) is 2.53. The van der Waals surface area contributed by atoms with Crippen LogP contribution < -0.4 is 0 Å². The van der Waals surface area contributed by atoms with Crippen molar-refractivity contribution in [2.45, 2.75) is 59.0 Å². The van der Waals surface area contributed by atoms with Gasteiger partial charge in [-0.15, -0.1) is 0 Å². The van der Waals surface area contributed by atoms with Crippen LogP contribution >= 0.6 is 0 Å². The number of aliphatic hydroxyl groups excluding tert-OH is 1. The molecule has 0 heterocycles. The van der Waals surface area contributed by atoms with Crippen LogP contribution in [0.5, 0.6) is 0 Å². The highest BCUT2D eigenvalue weighted by Gasteiger charge is 2.17. The lowest BCUT2D eigenvalue weighted by molar-refractivity contribution is 0.0963. The Kier molecular flexibility index (Phi) is 6.28. The van der Waals surface area contributed by atoms with Crippen molar-refractivity contribution in [3.8, 4) is 0 Å². The second kappa shape index (κ2) is 7.50. The fourth-order valence-electron chi connectivity index (χ4n) is 2.52. The minimum atomic E-state index is -0.184. The van der Waals surface area contributed by atoms with E-state index in [1.54, 1.807) is 0 Å². The standard InChI is InChI=1S/C16H26O/c1-4-7-15(8-5-2)16(17)12-14-10-6-9-13(3)11-14/h6,9-11,15-17H,4-5,7-8,12H2,1-3H3. The van der Waals surface area contributed by atoms with E-state index in [1.807, 2.05) is 0 Å². The number of aryl methyl sites for hydroxylation is 1. The molecule has 17 heavy (non-hydrogen) atoms. The Morgan fingerprint density at radius 3 is 2.29 bits per heavy atom. The molecule has 1 aromatic rings. The Morgan fingerprint density at radius 1 is 1.12 bits per heavy atom. The predicted molar refractivity (Wildman–Crippen MR) is 74.2 cm³/mol. The SMILES string of the molecule is CCCC(CCC)C(O)Cc1cccc(C)c1. The van der Waals surface area contributed by atoms with Crippen molar-refractivity contribution in [2.75, 3.05) is 0 Å². The van der Waals surface area contributed by atoms with Crippen LogP contribution in [-0.2, 0) is 6.42 Å². The Labute approximate surface area is 106 Å². The molecule has 0 saturated heterocycles. The van der Waals surface area contributed by atoms with E-state index in [-0.39, 0.29) is 6.10 Å². The molecule has 1 heteroatoms. The number of aliphatic hydroxyl groups is 1. The smallest absolute Gasteiger partial charge is 0.0608 e. The first-order valence-corrected chi connectivity index (χ1v) is 6.91. The van der Waals surface area contributed by atoms with Gasteiger partial charge in [0.1, 0.15) is 0 Å². The molecular formula is C16H26O. The van der Waals surface area contributed by atoms with Gasteiger partial charge < -0.3 is 5.11 Å². The summed E-state index contributed by atoms with van der Waals surface area (Å²) in [4.78, 5) is 0. The predicted octanol–water partition coefficient (Wildman–Crippen LogP) is 4.11. The van der Waals surface area contributed by atoms with Crippen LogP contribution in [0.3, 0.4) is 0 Å². The van der Waals surface area contributed by atoms with Crippen LogP contribution in [0.25, 0.3) is 0 Å². The molecule has 0 spiro atoms. The number of hydrogen-bond donors (Lipinski definition) is 1. The largest absolute Gasteiger partial charge is 0.392 e. The third-order valence-electron chi connectivity index (χ3n) is 3.39. The highest BCUT2D eigenvalue weighted by Crippen LogP contribution is 2.21. The molecule has 0 fully saturated rings. The van der Waals surface area contributed by atoms with Crippen LogP contribution in [-0.4, -0.2) is 11.2 Å². The topological polar surface area (TPSA) is 20.2 Å². The van der Waals surface area contributed by atoms with E-state index in [0.29, 0.717) is 5.92 Å². The Hall–Kier alpha value is -0.820. The Morgan fingerprint density at radius 2 is 1.76 bits per heavy atom. The van der Waals surface area contributed by atoms with Crippen molar-refractivity contribution in [2.24, 2.45) is 5.92 Å². The number of benzene rings is 1. The lowest BCUT2D eigenvalue weighted by Crippen LogP contribution is -2.22. The summed E-state index contributed by atoms with van der Waals surface area (Å²) in [7, 11) is 0. The third kappa shape index (κ3) is 4.91. The van der Waals surface area contributed by atoms with Gasteiger partial charge in [0.2, 0.25) is 0 Å². The highest BCUT2D eigenvalue weighted by atomic mass is 16.3. The van der Waals surface area contributed by atoms with Crippen LogP contribution in [0.4, 0.5) is 0 Å². The first-order chi connectivity index (χ1) is 8.17. The van der Waals surface area contributed by atoms with E-state index in [0.717, 1.165) is 32.1 Å². The van der Waals surface area contributed by atoms with Gasteiger partial charge in [-0.05, 0) is 37.7 Å². The van der Waals surface area contributed by atoms with Gasteiger partial charge in [-0.25, -0.2) is 0 Å². The fraction of sp³-hybridized carbons (Fsp3) is 0.625. The van der Waals surface area contributed by atoms with Gasteiger partial charge in [0.25, 0.3) is 0 Å². The maximum absolute atomic E-state index is 10.3. The Balaban J connectivity index is 2.59. The average molecular weight is 234 g/mol. The molecule has 96 valence electrons. The van der Waals surface area contributed by atoms with Crippen LogP contribution in [0.2, 0.25) is 0 Å². The highest BCUT2D eigenvalue weighted by molar-refractivity contribution is 5.22. The second-order valence-corrected chi connectivity index (χ2v) is 5.10. The first-order valence-electron chi connectivity index (χ1n) is 6.91. The molecule has 1 atom stereocenters. The van der Waals surface area contributed by atoms with Crippen molar-refractivity contribution in [3.05, 3.63) is 35.4 Å². The lowest BCUT2D eigenvalue weighted by Gasteiger charge is -2.22. The molecule has 1 unspecified atom stereocenters. The zero-order valence-corrected chi connectivity index (χ0v) is 11.4. The van der Waals surface area contributed by atoms with Gasteiger partial charge in [-0.1, -0.05) is 56.5 Å². The monoisotopic (exact) mass is 234 g/mol. The van der Waals surface area contributed by atoms with E-state index in [4.69, 9.17) is 0 Å². The summed E-state index contributed by atoms with van der Waals surface area (Å²) < 4.78 is 0. The third-order valence-corrected chi connectivity index (χ3v) is 3.39. The van der Waals surface area contributed by atoms with Gasteiger partial charge >= 0.3 is 0 Å². The maximum atomic E-state index is 10.3. The number of hydrogen-bond acceptors (Lipinski definition) is 1. The minimum absolute atomic E-state index is 0.184. The van der Waals surface area contributed by atoms with E-state index >= 15 is 0 Å². The minimum Gasteiger partial charge on any atom is -0.392 e. The van der Waals surface area contributed by atoms with E-state index in [1.165, 1.54) is 11.1 Å². The molecule has 1 N–H and O–H groups in total. The average Bonchev–Trinajstić information content (AvgIpc) is 2.28. The normalized spacial score (nSPS) is 13.0. The fourth-order valence-corrected chi connectivity index (χ4v) is 2.52. The second-order valence-electron chi connectivity index (χ2n) is 5.10. The molecular weight excluding hydrogens is 208 g/mol. The van der Waals surface area contributed by atoms with Gasteiger partial charge in [-0.3, -0.25) is 0 Å². The number of rotatable bonds is 7. The van der Waals surface area contributed by atoms with Crippen molar-refractivity contribution in [1.82, 2.24) is 0 Å². The Bertz CT molecular complexity index is 313. The van der Waals surface area contributed by atoms with E-state index in [2.05, 4.69) is 45.0 Å². The molecule has 0 aromatic heterocycles. The van der Waals surface area contributed by atoms with E-state index in [9.17, 15) is 5.11 Å². The van der Waals surface area contributed by atoms with Crippen molar-refractivity contribution < 1.29 is 5.11 Å². The van der Waals surface area contributed by atoms with Crippen LogP contribution in [0.1, 0.15) is 50.7 Å². The molecule has 0 saturated carbocycles. The summed E-state index contributed by atoms with van der Waals surface area (Å²) in [5, 5.41) is 10.3.